The van der Waals surface area contributed by atoms with Crippen LogP contribution in [0.4, 0.5) is 0 Å². The molecule has 0 bridgehead atoms. The molecule has 9 heteroatoms. The van der Waals surface area contributed by atoms with Gasteiger partial charge >= 0.3 is 0 Å². The molecule has 4 rings (SSSR count). The average Bonchev–Trinajstić information content (AvgIpc) is 3.30. The minimum absolute atomic E-state index is 0.0136. The highest BCUT2D eigenvalue weighted by Gasteiger charge is 2.44. The largest absolute Gasteiger partial charge is 0.364 e. The van der Waals surface area contributed by atoms with E-state index in [1.807, 2.05) is 23.1 Å². The summed E-state index contributed by atoms with van der Waals surface area (Å²) in [5.74, 6) is 0.246. The van der Waals surface area contributed by atoms with Crippen molar-refractivity contribution >= 4 is 36.2 Å². The number of fused-ring (bicyclic) bond motifs is 1. The number of ether oxygens (including phenoxy) is 1. The van der Waals surface area contributed by atoms with E-state index in [-0.39, 0.29) is 29.6 Å². The van der Waals surface area contributed by atoms with Gasteiger partial charge < -0.3 is 15.0 Å². The Morgan fingerprint density at radius 2 is 2.19 bits per heavy atom. The first-order valence-corrected chi connectivity index (χ1v) is 9.09. The Morgan fingerprint density at radius 3 is 3.00 bits per heavy atom. The predicted molar refractivity (Wildman–Crippen MR) is 99.1 cm³/mol. The van der Waals surface area contributed by atoms with E-state index in [4.69, 9.17) is 10.00 Å². The summed E-state index contributed by atoms with van der Waals surface area (Å²) in [7, 11) is 0. The summed E-state index contributed by atoms with van der Waals surface area (Å²) in [6, 6.07) is 8.60. The van der Waals surface area contributed by atoms with Crippen molar-refractivity contribution in [1.29, 1.82) is 5.26 Å². The molecule has 1 fully saturated rings. The fraction of sp³-hybridized carbons (Fsp3) is 0.353. The van der Waals surface area contributed by atoms with Gasteiger partial charge in [-0.3, -0.25) is 9.79 Å². The number of nitrogens with zero attached hydrogens (tertiary/aromatic N) is 5. The quantitative estimate of drug-likeness (QED) is 0.808. The van der Waals surface area contributed by atoms with Crippen molar-refractivity contribution < 1.29 is 9.53 Å². The zero-order valence-corrected chi connectivity index (χ0v) is 14.5. The fourth-order valence-electron chi connectivity index (χ4n) is 3.24. The van der Waals surface area contributed by atoms with Gasteiger partial charge in [-0.15, -0.1) is 0 Å². The van der Waals surface area contributed by atoms with Crippen molar-refractivity contribution in [3.05, 3.63) is 35.9 Å². The van der Waals surface area contributed by atoms with Crippen LogP contribution < -0.4 is 5.32 Å². The van der Waals surface area contributed by atoms with Crippen LogP contribution in [0.2, 0.25) is 0 Å². The number of carbonyl (C=O) groups is 1. The molecule has 132 valence electrons. The van der Waals surface area contributed by atoms with Crippen LogP contribution in [0, 0.1) is 10.7 Å². The molecule has 3 aliphatic rings. The smallest absolute Gasteiger partial charge is 0.256 e. The van der Waals surface area contributed by atoms with Gasteiger partial charge in [-0.05, 0) is 30.3 Å². The van der Waals surface area contributed by atoms with Crippen LogP contribution in [0.1, 0.15) is 16.8 Å². The summed E-state index contributed by atoms with van der Waals surface area (Å²) in [4.78, 5) is 27.6. The number of thiocyanates is 1. The molecule has 3 aliphatic heterocycles. The van der Waals surface area contributed by atoms with Crippen LogP contribution in [0.25, 0.3) is 0 Å². The van der Waals surface area contributed by atoms with Gasteiger partial charge in [-0.2, -0.15) is 5.26 Å². The third-order valence-electron chi connectivity index (χ3n) is 4.48. The topological polar surface area (TPSA) is 102 Å². The predicted octanol–water partition coefficient (Wildman–Crippen LogP) is 1.22. The number of benzene rings is 1. The lowest BCUT2D eigenvalue weighted by molar-refractivity contribution is 0.0975. The van der Waals surface area contributed by atoms with Crippen LogP contribution >= 0.6 is 11.8 Å². The van der Waals surface area contributed by atoms with Gasteiger partial charge in [0.25, 0.3) is 5.91 Å². The molecular formula is C17H16N6O2S. The van der Waals surface area contributed by atoms with E-state index in [1.165, 1.54) is 6.34 Å². The molecule has 4 atom stereocenters. The second kappa shape index (κ2) is 7.27. The number of nitriles is 1. The van der Waals surface area contributed by atoms with Gasteiger partial charge in [0.15, 0.2) is 6.17 Å². The summed E-state index contributed by atoms with van der Waals surface area (Å²) in [5, 5.41) is 13.9. The molecule has 26 heavy (non-hydrogen) atoms. The number of thioether (sulfide) groups is 1. The van der Waals surface area contributed by atoms with Crippen molar-refractivity contribution in [3.63, 3.8) is 0 Å². The molecule has 1 amide bonds. The maximum absolute atomic E-state index is 12.4. The molecule has 3 heterocycles. The Balaban J connectivity index is 1.48. The minimum Gasteiger partial charge on any atom is -0.364 e. The maximum Gasteiger partial charge on any atom is 0.256 e. The molecule has 1 aromatic carbocycles. The number of hydrogen-bond acceptors (Lipinski definition) is 8. The van der Waals surface area contributed by atoms with Crippen LogP contribution in [-0.4, -0.2) is 59.6 Å². The van der Waals surface area contributed by atoms with E-state index in [1.54, 1.807) is 18.5 Å². The Bertz CT molecular complexity index is 818. The van der Waals surface area contributed by atoms with Crippen LogP contribution in [0.5, 0.6) is 0 Å². The molecule has 8 nitrogen and oxygen atoms in total. The summed E-state index contributed by atoms with van der Waals surface area (Å²) in [6.07, 6.45) is 3.69. The molecule has 0 aliphatic carbocycles. The summed E-state index contributed by atoms with van der Waals surface area (Å²) >= 11 is 1.11. The van der Waals surface area contributed by atoms with Crippen molar-refractivity contribution in [2.75, 3.05) is 6.61 Å². The highest BCUT2D eigenvalue weighted by atomic mass is 32.2. The van der Waals surface area contributed by atoms with Crippen LogP contribution in [0.15, 0.2) is 45.3 Å². The molecule has 0 spiro atoms. The van der Waals surface area contributed by atoms with E-state index < -0.39 is 0 Å². The van der Waals surface area contributed by atoms with Gasteiger partial charge in [-0.1, -0.05) is 18.2 Å². The van der Waals surface area contributed by atoms with E-state index in [0.717, 1.165) is 18.2 Å². The third kappa shape index (κ3) is 3.09. The van der Waals surface area contributed by atoms with Gasteiger partial charge in [0.2, 0.25) is 0 Å². The van der Waals surface area contributed by atoms with E-state index in [9.17, 15) is 4.79 Å². The first kappa shape index (κ1) is 16.8. The van der Waals surface area contributed by atoms with Crippen molar-refractivity contribution in [2.45, 2.75) is 30.1 Å². The number of amidine groups is 1. The van der Waals surface area contributed by atoms with E-state index in [0.29, 0.717) is 18.0 Å². The Labute approximate surface area is 154 Å². The summed E-state index contributed by atoms with van der Waals surface area (Å²) in [5.41, 5.74) is 0.324. The third-order valence-corrected chi connectivity index (χ3v) is 5.27. The number of rotatable bonds is 3. The molecule has 0 saturated carbocycles. The highest BCUT2D eigenvalue weighted by molar-refractivity contribution is 8.04. The molecule has 1 aromatic rings. The van der Waals surface area contributed by atoms with Crippen LogP contribution in [0.3, 0.4) is 0 Å². The number of aliphatic imine (C=N–C) groups is 3. The molecule has 1 saturated heterocycles. The number of hydrogen-bond donors (Lipinski definition) is 1. The van der Waals surface area contributed by atoms with Crippen molar-refractivity contribution in [2.24, 2.45) is 15.0 Å². The Morgan fingerprint density at radius 1 is 1.35 bits per heavy atom. The summed E-state index contributed by atoms with van der Waals surface area (Å²) in [6.45, 7) is 0.598. The fourth-order valence-corrected chi connectivity index (χ4v) is 3.94. The Kier molecular flexibility index (Phi) is 4.69. The van der Waals surface area contributed by atoms with Gasteiger partial charge in [0.05, 0.1) is 19.0 Å². The number of carbonyl (C=O) groups excluding carboxylic acids is 1. The van der Waals surface area contributed by atoms with Crippen LogP contribution in [-0.2, 0) is 4.74 Å². The van der Waals surface area contributed by atoms with Gasteiger partial charge in [0.1, 0.15) is 29.1 Å². The molecular weight excluding hydrogens is 352 g/mol. The van der Waals surface area contributed by atoms with E-state index >= 15 is 0 Å². The van der Waals surface area contributed by atoms with Crippen molar-refractivity contribution in [3.8, 4) is 5.40 Å². The average molecular weight is 368 g/mol. The molecule has 1 N–H and O–H groups in total. The molecule has 0 aromatic heterocycles. The second-order valence-electron chi connectivity index (χ2n) is 5.97. The minimum atomic E-state index is -0.374. The Hall–Kier alpha value is -2.70. The van der Waals surface area contributed by atoms with E-state index in [2.05, 4.69) is 25.7 Å². The highest BCUT2D eigenvalue weighted by Crippen LogP contribution is 2.32. The second-order valence-corrected chi connectivity index (χ2v) is 6.86. The van der Waals surface area contributed by atoms with Gasteiger partial charge in [-0.25, -0.2) is 9.98 Å². The SMILES string of the molecule is N#CS[C@@H]1OCC[C@H]1N1C=NC2C(NC(=O)c3ccccc3)=NC=NC21. The zero-order chi connectivity index (χ0) is 17.9. The first-order valence-electron chi connectivity index (χ1n) is 8.21. The molecule has 0 radical (unpaired) electrons. The lowest BCUT2D eigenvalue weighted by Gasteiger charge is -2.32. The van der Waals surface area contributed by atoms with Gasteiger partial charge in [0, 0.05) is 5.56 Å². The lowest BCUT2D eigenvalue weighted by atomic mass is 10.1. The first-order chi connectivity index (χ1) is 12.8. The van der Waals surface area contributed by atoms with Crippen molar-refractivity contribution in [1.82, 2.24) is 10.2 Å². The standard InChI is InChI=1S/C17H16N6O2S/c18-8-26-17-12(6-7-25-17)23-10-21-13-14(19-9-20-15(13)23)22-16(24)11-4-2-1-3-5-11/h1-5,9-10,12-13,15,17H,6-7H2,(H,19,20,22,24)/t12-,13?,15?,17+/m1/s1. The zero-order valence-electron chi connectivity index (χ0n) is 13.7. The normalized spacial score (nSPS) is 29.2. The maximum atomic E-state index is 12.4. The number of amides is 1. The molecule has 2 unspecified atom stereocenters. The monoisotopic (exact) mass is 368 g/mol. The number of nitrogens with one attached hydrogen (secondary N) is 1. The summed E-state index contributed by atoms with van der Waals surface area (Å²) < 4.78 is 5.63. The lowest BCUT2D eigenvalue weighted by Crippen LogP contribution is -2.51.